The van der Waals surface area contributed by atoms with Crippen molar-refractivity contribution >= 4 is 10.0 Å². The first-order valence-corrected chi connectivity index (χ1v) is 4.73. The molecule has 0 bridgehead atoms. The fourth-order valence-electron chi connectivity index (χ4n) is 0.800. The van der Waals surface area contributed by atoms with Crippen LogP contribution in [0.15, 0.2) is 0 Å². The highest BCUT2D eigenvalue weighted by Gasteiger charge is 2.18. The highest BCUT2D eigenvalue weighted by Crippen LogP contribution is 2.07. The van der Waals surface area contributed by atoms with Gasteiger partial charge in [-0.3, -0.25) is 0 Å². The van der Waals surface area contributed by atoms with E-state index in [1.54, 1.807) is 0 Å². The normalized spacial score (nSPS) is 34.1. The van der Waals surface area contributed by atoms with E-state index in [0.29, 0.717) is 18.2 Å². The van der Waals surface area contributed by atoms with Gasteiger partial charge >= 0.3 is 0 Å². The summed E-state index contributed by atoms with van der Waals surface area (Å²) in [5, 5.41) is 0. The SMILES string of the molecule is CC1CCS(=O)(=O)NC1. The van der Waals surface area contributed by atoms with Gasteiger partial charge < -0.3 is 0 Å². The predicted octanol–water partition coefficient (Wildman–Crippen LogP) is -0.0544. The van der Waals surface area contributed by atoms with Gasteiger partial charge in [-0.05, 0) is 12.3 Å². The molecule has 0 spiro atoms. The van der Waals surface area contributed by atoms with E-state index in [-0.39, 0.29) is 0 Å². The highest BCUT2D eigenvalue weighted by molar-refractivity contribution is 7.89. The van der Waals surface area contributed by atoms with Gasteiger partial charge in [-0.25, -0.2) is 13.1 Å². The van der Waals surface area contributed by atoms with Gasteiger partial charge in [0, 0.05) is 6.54 Å². The lowest BCUT2D eigenvalue weighted by atomic mass is 10.1. The summed E-state index contributed by atoms with van der Waals surface area (Å²) in [4.78, 5) is 0. The van der Waals surface area contributed by atoms with Gasteiger partial charge in [0.25, 0.3) is 0 Å². The van der Waals surface area contributed by atoms with Crippen LogP contribution in [0.2, 0.25) is 0 Å². The number of hydrogen-bond donors (Lipinski definition) is 1. The lowest BCUT2D eigenvalue weighted by Crippen LogP contribution is -2.36. The summed E-state index contributed by atoms with van der Waals surface area (Å²) in [7, 11) is -2.87. The van der Waals surface area contributed by atoms with Crippen molar-refractivity contribution in [2.75, 3.05) is 12.3 Å². The highest BCUT2D eigenvalue weighted by atomic mass is 32.2. The Hall–Kier alpha value is -0.0900. The fourth-order valence-corrected chi connectivity index (χ4v) is 2.20. The molecule has 4 heteroatoms. The third-order valence-electron chi connectivity index (χ3n) is 1.53. The van der Waals surface area contributed by atoms with Crippen LogP contribution in [0.1, 0.15) is 13.3 Å². The predicted molar refractivity (Wildman–Crippen MR) is 35.6 cm³/mol. The van der Waals surface area contributed by atoms with Crippen molar-refractivity contribution in [3.8, 4) is 0 Å². The topological polar surface area (TPSA) is 46.2 Å². The Balaban J connectivity index is 2.55. The average molecular weight is 149 g/mol. The maximum atomic E-state index is 10.7. The zero-order chi connectivity index (χ0) is 6.91. The van der Waals surface area contributed by atoms with Crippen LogP contribution in [0, 0.1) is 5.92 Å². The quantitative estimate of drug-likeness (QED) is 0.524. The molecule has 0 amide bonds. The van der Waals surface area contributed by atoms with E-state index in [9.17, 15) is 8.42 Å². The number of hydrogen-bond acceptors (Lipinski definition) is 2. The molecule has 0 saturated carbocycles. The van der Waals surface area contributed by atoms with E-state index >= 15 is 0 Å². The van der Waals surface area contributed by atoms with E-state index in [2.05, 4.69) is 4.72 Å². The first kappa shape index (κ1) is 7.02. The van der Waals surface area contributed by atoms with Crippen LogP contribution in [0.5, 0.6) is 0 Å². The molecule has 1 unspecified atom stereocenters. The molecular weight excluding hydrogens is 138 g/mol. The molecule has 1 N–H and O–H groups in total. The smallest absolute Gasteiger partial charge is 0.211 e. The Morgan fingerprint density at radius 2 is 2.22 bits per heavy atom. The molecule has 0 aromatic rings. The molecule has 1 aliphatic rings. The molecule has 0 aliphatic carbocycles. The van der Waals surface area contributed by atoms with E-state index in [1.165, 1.54) is 0 Å². The van der Waals surface area contributed by atoms with E-state index in [0.717, 1.165) is 6.42 Å². The minimum Gasteiger partial charge on any atom is -0.215 e. The molecule has 1 saturated heterocycles. The number of rotatable bonds is 0. The summed E-state index contributed by atoms with van der Waals surface area (Å²) in [5.41, 5.74) is 0. The second-order valence-electron chi connectivity index (χ2n) is 2.56. The van der Waals surface area contributed by atoms with Crippen LogP contribution in [0.25, 0.3) is 0 Å². The summed E-state index contributed by atoms with van der Waals surface area (Å²) in [6, 6.07) is 0. The first-order chi connectivity index (χ1) is 4.10. The largest absolute Gasteiger partial charge is 0.215 e. The molecule has 1 rings (SSSR count). The molecule has 1 fully saturated rings. The van der Waals surface area contributed by atoms with Gasteiger partial charge in [0.1, 0.15) is 0 Å². The van der Waals surface area contributed by atoms with Crippen molar-refractivity contribution in [1.82, 2.24) is 4.72 Å². The van der Waals surface area contributed by atoms with Crippen molar-refractivity contribution in [2.24, 2.45) is 5.92 Å². The molecular formula is C5H11NO2S. The van der Waals surface area contributed by atoms with Gasteiger partial charge in [-0.2, -0.15) is 0 Å². The Kier molecular flexibility index (Phi) is 1.77. The van der Waals surface area contributed by atoms with Gasteiger partial charge in [-0.1, -0.05) is 6.92 Å². The molecule has 1 heterocycles. The Morgan fingerprint density at radius 3 is 2.56 bits per heavy atom. The third kappa shape index (κ3) is 1.95. The number of sulfonamides is 1. The lowest BCUT2D eigenvalue weighted by molar-refractivity contribution is 0.493. The maximum absolute atomic E-state index is 10.7. The van der Waals surface area contributed by atoms with Gasteiger partial charge in [0.2, 0.25) is 10.0 Å². The van der Waals surface area contributed by atoms with Gasteiger partial charge in [0.15, 0.2) is 0 Å². The third-order valence-corrected chi connectivity index (χ3v) is 2.91. The van der Waals surface area contributed by atoms with Crippen LogP contribution in [0.4, 0.5) is 0 Å². The van der Waals surface area contributed by atoms with Crippen LogP contribution in [-0.2, 0) is 10.0 Å². The molecule has 3 nitrogen and oxygen atoms in total. The zero-order valence-corrected chi connectivity index (χ0v) is 6.24. The molecule has 1 aliphatic heterocycles. The van der Waals surface area contributed by atoms with Gasteiger partial charge in [0.05, 0.1) is 5.75 Å². The average Bonchev–Trinajstić information content (AvgIpc) is 1.78. The Bertz CT molecular complexity index is 171. The summed E-state index contributed by atoms with van der Waals surface area (Å²) in [6.07, 6.45) is 0.801. The summed E-state index contributed by atoms with van der Waals surface area (Å²) < 4.78 is 23.9. The second-order valence-corrected chi connectivity index (χ2v) is 4.49. The monoisotopic (exact) mass is 149 g/mol. The molecule has 0 radical (unpaired) electrons. The van der Waals surface area contributed by atoms with Gasteiger partial charge in [-0.15, -0.1) is 0 Å². The zero-order valence-electron chi connectivity index (χ0n) is 5.42. The van der Waals surface area contributed by atoms with Crippen LogP contribution in [-0.4, -0.2) is 20.7 Å². The van der Waals surface area contributed by atoms with Crippen molar-refractivity contribution in [2.45, 2.75) is 13.3 Å². The molecule has 0 aromatic carbocycles. The Labute approximate surface area is 55.5 Å². The minimum absolute atomic E-state index is 0.300. The van der Waals surface area contributed by atoms with E-state index < -0.39 is 10.0 Å². The summed E-state index contributed by atoms with van der Waals surface area (Å²) in [6.45, 7) is 2.66. The van der Waals surface area contributed by atoms with E-state index in [1.807, 2.05) is 6.92 Å². The lowest BCUT2D eigenvalue weighted by Gasteiger charge is -2.18. The fraction of sp³-hybridized carbons (Fsp3) is 1.00. The standard InChI is InChI=1S/C5H11NO2S/c1-5-2-3-9(7,8)6-4-5/h5-6H,2-4H2,1H3. The van der Waals surface area contributed by atoms with Crippen LogP contribution in [0.3, 0.4) is 0 Å². The number of nitrogens with one attached hydrogen (secondary N) is 1. The second kappa shape index (κ2) is 2.27. The van der Waals surface area contributed by atoms with Crippen molar-refractivity contribution in [1.29, 1.82) is 0 Å². The maximum Gasteiger partial charge on any atom is 0.211 e. The molecule has 54 valence electrons. The van der Waals surface area contributed by atoms with Crippen molar-refractivity contribution in [3.05, 3.63) is 0 Å². The van der Waals surface area contributed by atoms with E-state index in [4.69, 9.17) is 0 Å². The van der Waals surface area contributed by atoms with Crippen molar-refractivity contribution < 1.29 is 8.42 Å². The minimum atomic E-state index is -2.87. The Morgan fingerprint density at radius 1 is 1.56 bits per heavy atom. The van der Waals surface area contributed by atoms with Crippen LogP contribution < -0.4 is 4.72 Å². The molecule has 1 atom stereocenters. The summed E-state index contributed by atoms with van der Waals surface area (Å²) in [5.74, 6) is 0.808. The van der Waals surface area contributed by atoms with Crippen LogP contribution >= 0.6 is 0 Å². The molecule has 0 aromatic heterocycles. The van der Waals surface area contributed by atoms with Crippen molar-refractivity contribution in [3.63, 3.8) is 0 Å². The summed E-state index contributed by atoms with van der Waals surface area (Å²) >= 11 is 0. The molecule has 9 heavy (non-hydrogen) atoms. The first-order valence-electron chi connectivity index (χ1n) is 3.07.